The number of benzene rings is 1. The Hall–Kier alpha value is -2.04. The lowest BCUT2D eigenvalue weighted by atomic mass is 10.1. The predicted molar refractivity (Wildman–Crippen MR) is 73.8 cm³/mol. The van der Waals surface area contributed by atoms with Crippen molar-refractivity contribution in [1.82, 2.24) is 4.90 Å². The van der Waals surface area contributed by atoms with Crippen molar-refractivity contribution < 1.29 is 14.3 Å². The minimum Gasteiger partial charge on any atom is -0.452 e. The molecule has 0 unspecified atom stereocenters. The van der Waals surface area contributed by atoms with E-state index in [1.807, 2.05) is 13.8 Å². The minimum atomic E-state index is -0.511. The highest BCUT2D eigenvalue weighted by molar-refractivity contribution is 5.93. The van der Waals surface area contributed by atoms with E-state index in [0.29, 0.717) is 11.3 Å². The molecule has 2 N–H and O–H groups in total. The molecule has 0 heterocycles. The van der Waals surface area contributed by atoms with E-state index in [2.05, 4.69) is 0 Å². The number of nitrogen functional groups attached to an aromatic ring is 1. The Labute approximate surface area is 113 Å². The number of carbonyl (C=O) groups excluding carboxylic acids is 2. The van der Waals surface area contributed by atoms with Gasteiger partial charge in [0.2, 0.25) is 0 Å². The van der Waals surface area contributed by atoms with Crippen LogP contribution in [0.25, 0.3) is 0 Å². The van der Waals surface area contributed by atoms with Crippen molar-refractivity contribution in [1.29, 1.82) is 0 Å². The zero-order chi connectivity index (χ0) is 14.6. The third-order valence-corrected chi connectivity index (χ3v) is 2.97. The van der Waals surface area contributed by atoms with Crippen LogP contribution in [0.2, 0.25) is 0 Å². The average molecular weight is 264 g/mol. The molecule has 0 aliphatic heterocycles. The van der Waals surface area contributed by atoms with Crippen molar-refractivity contribution in [2.75, 3.05) is 19.4 Å². The molecule has 0 aliphatic carbocycles. The van der Waals surface area contributed by atoms with Crippen LogP contribution in [0.1, 0.15) is 29.8 Å². The number of anilines is 1. The molecule has 0 fully saturated rings. The minimum absolute atomic E-state index is 0.0736. The summed E-state index contributed by atoms with van der Waals surface area (Å²) >= 11 is 0. The van der Waals surface area contributed by atoms with Crippen molar-refractivity contribution in [3.8, 4) is 0 Å². The Morgan fingerprint density at radius 3 is 2.53 bits per heavy atom. The Morgan fingerprint density at radius 2 is 2.00 bits per heavy atom. The number of nitrogens with zero attached hydrogens (tertiary/aromatic N) is 1. The summed E-state index contributed by atoms with van der Waals surface area (Å²) in [6, 6.07) is 5.00. The van der Waals surface area contributed by atoms with Crippen molar-refractivity contribution in [2.24, 2.45) is 0 Å². The number of amides is 1. The van der Waals surface area contributed by atoms with Crippen LogP contribution in [-0.4, -0.2) is 36.5 Å². The maximum Gasteiger partial charge on any atom is 0.338 e. The van der Waals surface area contributed by atoms with Crippen LogP contribution in [0, 0.1) is 6.92 Å². The standard InChI is InChI=1S/C14H20N2O3/c1-9(2)16(4)13(17)8-19-14(18)12-6-5-11(15)7-10(12)3/h5-7,9H,8,15H2,1-4H3. The van der Waals surface area contributed by atoms with Gasteiger partial charge in [0.05, 0.1) is 5.56 Å². The molecule has 1 rings (SSSR count). The summed E-state index contributed by atoms with van der Waals surface area (Å²) in [6.45, 7) is 5.31. The van der Waals surface area contributed by atoms with Crippen molar-refractivity contribution in [3.63, 3.8) is 0 Å². The molecular formula is C14H20N2O3. The van der Waals surface area contributed by atoms with Gasteiger partial charge in [0, 0.05) is 18.8 Å². The highest BCUT2D eigenvalue weighted by atomic mass is 16.5. The fraction of sp³-hybridized carbons (Fsp3) is 0.429. The third-order valence-electron chi connectivity index (χ3n) is 2.97. The molecule has 0 saturated carbocycles. The fourth-order valence-corrected chi connectivity index (χ4v) is 1.51. The van der Waals surface area contributed by atoms with Gasteiger partial charge in [0.15, 0.2) is 6.61 Å². The molecule has 0 bridgehead atoms. The number of aryl methyl sites for hydroxylation is 1. The summed E-state index contributed by atoms with van der Waals surface area (Å²) < 4.78 is 5.01. The molecule has 1 aromatic carbocycles. The Kier molecular flexibility index (Phi) is 4.92. The van der Waals surface area contributed by atoms with Crippen LogP contribution in [0.3, 0.4) is 0 Å². The topological polar surface area (TPSA) is 72.6 Å². The number of ether oxygens (including phenoxy) is 1. The number of hydrogen-bond donors (Lipinski definition) is 1. The second-order valence-electron chi connectivity index (χ2n) is 4.75. The van der Waals surface area contributed by atoms with E-state index in [9.17, 15) is 9.59 Å². The van der Waals surface area contributed by atoms with E-state index in [-0.39, 0.29) is 18.6 Å². The summed E-state index contributed by atoms with van der Waals surface area (Å²) in [7, 11) is 1.68. The van der Waals surface area contributed by atoms with E-state index in [0.717, 1.165) is 5.56 Å². The van der Waals surface area contributed by atoms with Crippen LogP contribution in [-0.2, 0) is 9.53 Å². The monoisotopic (exact) mass is 264 g/mol. The number of rotatable bonds is 4. The summed E-state index contributed by atoms with van der Waals surface area (Å²) in [5.41, 5.74) is 7.35. The smallest absolute Gasteiger partial charge is 0.338 e. The number of esters is 1. The lowest BCUT2D eigenvalue weighted by Gasteiger charge is -2.21. The van der Waals surface area contributed by atoms with Crippen LogP contribution >= 0.6 is 0 Å². The van der Waals surface area contributed by atoms with Gasteiger partial charge in [-0.25, -0.2) is 4.79 Å². The molecule has 0 aliphatic rings. The first-order valence-corrected chi connectivity index (χ1v) is 6.12. The quantitative estimate of drug-likeness (QED) is 0.662. The lowest BCUT2D eigenvalue weighted by molar-refractivity contribution is -0.134. The van der Waals surface area contributed by atoms with Crippen molar-refractivity contribution >= 4 is 17.6 Å². The van der Waals surface area contributed by atoms with Crippen LogP contribution < -0.4 is 5.73 Å². The third kappa shape index (κ3) is 3.98. The Bertz CT molecular complexity index is 484. The normalized spacial score (nSPS) is 10.4. The van der Waals surface area contributed by atoms with Gasteiger partial charge in [-0.2, -0.15) is 0 Å². The van der Waals surface area contributed by atoms with Gasteiger partial charge in [-0.15, -0.1) is 0 Å². The van der Waals surface area contributed by atoms with Crippen LogP contribution in [0.15, 0.2) is 18.2 Å². The SMILES string of the molecule is Cc1cc(N)ccc1C(=O)OCC(=O)N(C)C(C)C. The summed E-state index contributed by atoms with van der Waals surface area (Å²) in [4.78, 5) is 25.1. The molecule has 1 amide bonds. The number of nitrogens with two attached hydrogens (primary N) is 1. The lowest BCUT2D eigenvalue weighted by Crippen LogP contribution is -2.36. The van der Waals surface area contributed by atoms with Gasteiger partial charge < -0.3 is 15.4 Å². The van der Waals surface area contributed by atoms with Crippen LogP contribution in [0.5, 0.6) is 0 Å². The zero-order valence-corrected chi connectivity index (χ0v) is 11.8. The molecule has 1 aromatic rings. The second-order valence-corrected chi connectivity index (χ2v) is 4.75. The first kappa shape index (κ1) is 15.0. The summed E-state index contributed by atoms with van der Waals surface area (Å²) in [5.74, 6) is -0.737. The maximum absolute atomic E-state index is 11.8. The summed E-state index contributed by atoms with van der Waals surface area (Å²) in [5, 5.41) is 0. The number of carbonyl (C=O) groups is 2. The van der Waals surface area contributed by atoms with E-state index < -0.39 is 5.97 Å². The van der Waals surface area contributed by atoms with E-state index in [1.54, 1.807) is 32.2 Å². The second kappa shape index (κ2) is 6.22. The molecule has 0 saturated heterocycles. The van der Waals surface area contributed by atoms with Gasteiger partial charge >= 0.3 is 5.97 Å². The van der Waals surface area contributed by atoms with Gasteiger partial charge in [-0.3, -0.25) is 4.79 Å². The summed E-state index contributed by atoms with van der Waals surface area (Å²) in [6.07, 6.45) is 0. The van der Waals surface area contributed by atoms with Crippen LogP contribution in [0.4, 0.5) is 5.69 Å². The number of likely N-dealkylation sites (N-methyl/N-ethyl adjacent to an activating group) is 1. The molecule has 5 nitrogen and oxygen atoms in total. The van der Waals surface area contributed by atoms with Gasteiger partial charge in [0.1, 0.15) is 0 Å². The Morgan fingerprint density at radius 1 is 1.37 bits per heavy atom. The number of hydrogen-bond acceptors (Lipinski definition) is 4. The molecule has 0 spiro atoms. The van der Waals surface area contributed by atoms with E-state index in [4.69, 9.17) is 10.5 Å². The molecule has 19 heavy (non-hydrogen) atoms. The molecule has 104 valence electrons. The molecule has 0 radical (unpaired) electrons. The van der Waals surface area contributed by atoms with Crippen molar-refractivity contribution in [3.05, 3.63) is 29.3 Å². The van der Waals surface area contributed by atoms with Gasteiger partial charge in [-0.1, -0.05) is 0 Å². The highest BCUT2D eigenvalue weighted by Crippen LogP contribution is 2.13. The molecule has 0 aromatic heterocycles. The van der Waals surface area contributed by atoms with E-state index >= 15 is 0 Å². The molecule has 0 atom stereocenters. The van der Waals surface area contributed by atoms with Gasteiger partial charge in [-0.05, 0) is 44.5 Å². The first-order valence-electron chi connectivity index (χ1n) is 6.12. The first-order chi connectivity index (χ1) is 8.82. The largest absolute Gasteiger partial charge is 0.452 e. The van der Waals surface area contributed by atoms with Gasteiger partial charge in [0.25, 0.3) is 5.91 Å². The zero-order valence-electron chi connectivity index (χ0n) is 11.8. The maximum atomic E-state index is 11.8. The van der Waals surface area contributed by atoms with Crippen molar-refractivity contribution in [2.45, 2.75) is 26.8 Å². The Balaban J connectivity index is 2.63. The average Bonchev–Trinajstić information content (AvgIpc) is 2.34. The fourth-order valence-electron chi connectivity index (χ4n) is 1.51. The van der Waals surface area contributed by atoms with E-state index in [1.165, 1.54) is 4.90 Å². The highest BCUT2D eigenvalue weighted by Gasteiger charge is 2.16. The molecule has 5 heteroatoms. The predicted octanol–water partition coefficient (Wildman–Crippen LogP) is 1.60. The molecular weight excluding hydrogens is 244 g/mol.